The normalized spacial score (nSPS) is 17.1. The molecule has 3 aromatic carbocycles. The molecule has 3 aliphatic heterocycles. The monoisotopic (exact) mass is 485 g/mol. The Hall–Kier alpha value is -4.04. The van der Waals surface area contributed by atoms with Crippen LogP contribution in [0.1, 0.15) is 21.5 Å². The van der Waals surface area contributed by atoms with Crippen LogP contribution in [-0.4, -0.2) is 61.2 Å². The molecule has 0 aromatic heterocycles. The van der Waals surface area contributed by atoms with Gasteiger partial charge in [0.2, 0.25) is 6.79 Å². The molecule has 3 heterocycles. The third kappa shape index (κ3) is 4.47. The Morgan fingerprint density at radius 3 is 2.44 bits per heavy atom. The molecule has 3 aromatic rings. The van der Waals surface area contributed by atoms with Crippen LogP contribution in [0.15, 0.2) is 66.7 Å². The standard InChI is InChI=1S/C28H27N3O5/c32-27-18-34-24-7-2-1-6-23(24)31(27)17-20-4-3-5-22(14-20)28(33)30-12-10-29(11-13-30)16-21-8-9-25-26(15-21)36-19-35-25/h1-9,14-15H,10-13,16-19H2. The Labute approximate surface area is 209 Å². The topological polar surface area (TPSA) is 71.6 Å². The summed E-state index contributed by atoms with van der Waals surface area (Å²) in [6.07, 6.45) is 0. The van der Waals surface area contributed by atoms with E-state index < -0.39 is 0 Å². The fourth-order valence-corrected chi connectivity index (χ4v) is 4.90. The summed E-state index contributed by atoms with van der Waals surface area (Å²) in [5.74, 6) is 2.21. The van der Waals surface area contributed by atoms with E-state index in [-0.39, 0.29) is 25.2 Å². The first kappa shape index (κ1) is 22.4. The molecule has 0 atom stereocenters. The second-order valence-electron chi connectivity index (χ2n) is 9.19. The van der Waals surface area contributed by atoms with Crippen molar-refractivity contribution in [3.63, 3.8) is 0 Å². The highest BCUT2D eigenvalue weighted by atomic mass is 16.7. The first-order chi connectivity index (χ1) is 17.6. The summed E-state index contributed by atoms with van der Waals surface area (Å²) < 4.78 is 16.4. The summed E-state index contributed by atoms with van der Waals surface area (Å²) in [5, 5.41) is 0. The lowest BCUT2D eigenvalue weighted by atomic mass is 10.1. The maximum atomic E-state index is 13.3. The molecule has 0 spiro atoms. The van der Waals surface area contributed by atoms with Crippen molar-refractivity contribution < 1.29 is 23.8 Å². The number of anilines is 1. The number of hydrogen-bond acceptors (Lipinski definition) is 6. The van der Waals surface area contributed by atoms with Gasteiger partial charge < -0.3 is 24.0 Å². The van der Waals surface area contributed by atoms with Gasteiger partial charge in [0.25, 0.3) is 11.8 Å². The van der Waals surface area contributed by atoms with Crippen molar-refractivity contribution in [1.29, 1.82) is 0 Å². The quantitative estimate of drug-likeness (QED) is 0.552. The molecule has 2 amide bonds. The minimum Gasteiger partial charge on any atom is -0.482 e. The van der Waals surface area contributed by atoms with Crippen LogP contribution in [0.2, 0.25) is 0 Å². The number of carbonyl (C=O) groups excluding carboxylic acids is 2. The number of amides is 2. The van der Waals surface area contributed by atoms with Crippen molar-refractivity contribution >= 4 is 17.5 Å². The molecule has 1 fully saturated rings. The highest BCUT2D eigenvalue weighted by Crippen LogP contribution is 2.34. The molecule has 6 rings (SSSR count). The molecule has 0 N–H and O–H groups in total. The largest absolute Gasteiger partial charge is 0.482 e. The third-order valence-electron chi connectivity index (χ3n) is 6.83. The van der Waals surface area contributed by atoms with Crippen molar-refractivity contribution in [3.05, 3.63) is 83.4 Å². The molecule has 0 radical (unpaired) electrons. The molecular formula is C28H27N3O5. The van der Waals surface area contributed by atoms with Gasteiger partial charge in [0, 0.05) is 38.3 Å². The van der Waals surface area contributed by atoms with Crippen LogP contribution in [0.3, 0.4) is 0 Å². The first-order valence-electron chi connectivity index (χ1n) is 12.2. The Bertz CT molecular complexity index is 1300. The number of hydrogen-bond donors (Lipinski definition) is 0. The van der Waals surface area contributed by atoms with Gasteiger partial charge >= 0.3 is 0 Å². The van der Waals surface area contributed by atoms with Crippen LogP contribution in [0.25, 0.3) is 0 Å². The average molecular weight is 486 g/mol. The molecule has 0 saturated carbocycles. The van der Waals surface area contributed by atoms with Gasteiger partial charge in [-0.15, -0.1) is 0 Å². The van der Waals surface area contributed by atoms with Gasteiger partial charge in [0.05, 0.1) is 12.2 Å². The van der Waals surface area contributed by atoms with E-state index in [1.165, 1.54) is 5.56 Å². The number of benzene rings is 3. The summed E-state index contributed by atoms with van der Waals surface area (Å²) in [7, 11) is 0. The minimum atomic E-state index is -0.0935. The maximum Gasteiger partial charge on any atom is 0.265 e. The molecule has 0 unspecified atom stereocenters. The molecule has 8 nitrogen and oxygen atoms in total. The van der Waals surface area contributed by atoms with Crippen molar-refractivity contribution in [3.8, 4) is 17.2 Å². The molecule has 3 aliphatic rings. The Kier molecular flexibility index (Phi) is 5.95. The van der Waals surface area contributed by atoms with E-state index in [0.717, 1.165) is 42.4 Å². The number of carbonyl (C=O) groups is 2. The van der Waals surface area contributed by atoms with Gasteiger partial charge in [0.15, 0.2) is 18.1 Å². The number of ether oxygens (including phenoxy) is 3. The second-order valence-corrected chi connectivity index (χ2v) is 9.19. The van der Waals surface area contributed by atoms with E-state index in [1.807, 2.05) is 65.6 Å². The van der Waals surface area contributed by atoms with Gasteiger partial charge in [-0.1, -0.05) is 30.3 Å². The van der Waals surface area contributed by atoms with E-state index in [9.17, 15) is 9.59 Å². The van der Waals surface area contributed by atoms with E-state index in [2.05, 4.69) is 11.0 Å². The molecule has 0 aliphatic carbocycles. The number of piperazine rings is 1. The second kappa shape index (κ2) is 9.54. The van der Waals surface area contributed by atoms with Gasteiger partial charge in [-0.2, -0.15) is 0 Å². The van der Waals surface area contributed by atoms with Crippen molar-refractivity contribution in [2.75, 3.05) is 44.5 Å². The summed E-state index contributed by atoms with van der Waals surface area (Å²) in [4.78, 5) is 31.8. The molecule has 36 heavy (non-hydrogen) atoms. The van der Waals surface area contributed by atoms with Crippen molar-refractivity contribution in [2.45, 2.75) is 13.1 Å². The van der Waals surface area contributed by atoms with E-state index in [0.29, 0.717) is 30.9 Å². The number of para-hydroxylation sites is 2. The first-order valence-corrected chi connectivity index (χ1v) is 12.2. The highest BCUT2D eigenvalue weighted by Gasteiger charge is 2.26. The lowest BCUT2D eigenvalue weighted by Gasteiger charge is -2.35. The lowest BCUT2D eigenvalue weighted by molar-refractivity contribution is -0.121. The zero-order valence-corrected chi connectivity index (χ0v) is 19.9. The minimum absolute atomic E-state index is 0.0200. The van der Waals surface area contributed by atoms with Crippen LogP contribution in [0.5, 0.6) is 17.2 Å². The van der Waals surface area contributed by atoms with Gasteiger partial charge in [-0.05, 0) is 47.5 Å². The van der Waals surface area contributed by atoms with Gasteiger partial charge in [-0.3, -0.25) is 14.5 Å². The van der Waals surface area contributed by atoms with Crippen LogP contribution < -0.4 is 19.1 Å². The van der Waals surface area contributed by atoms with Crippen LogP contribution in [0, 0.1) is 0 Å². The third-order valence-corrected chi connectivity index (χ3v) is 6.83. The fraction of sp³-hybridized carbons (Fsp3) is 0.286. The number of rotatable bonds is 5. The molecular weight excluding hydrogens is 458 g/mol. The number of fused-ring (bicyclic) bond motifs is 2. The summed E-state index contributed by atoms with van der Waals surface area (Å²) in [5.41, 5.74) is 3.48. The molecule has 0 bridgehead atoms. The van der Waals surface area contributed by atoms with Gasteiger partial charge in [0.1, 0.15) is 5.75 Å². The predicted molar refractivity (Wildman–Crippen MR) is 133 cm³/mol. The van der Waals surface area contributed by atoms with Crippen LogP contribution >= 0.6 is 0 Å². The molecule has 1 saturated heterocycles. The zero-order chi connectivity index (χ0) is 24.5. The van der Waals surface area contributed by atoms with E-state index >= 15 is 0 Å². The van der Waals surface area contributed by atoms with Crippen molar-refractivity contribution in [1.82, 2.24) is 9.80 Å². The SMILES string of the molecule is O=C(c1cccc(CN2C(=O)COc3ccccc32)c1)N1CCN(Cc2ccc3c(c2)OCO3)CC1. The fourth-order valence-electron chi connectivity index (χ4n) is 4.90. The average Bonchev–Trinajstić information content (AvgIpc) is 3.39. The lowest BCUT2D eigenvalue weighted by Crippen LogP contribution is -2.48. The summed E-state index contributed by atoms with van der Waals surface area (Å²) >= 11 is 0. The van der Waals surface area contributed by atoms with Gasteiger partial charge in [-0.25, -0.2) is 0 Å². The number of nitrogens with zero attached hydrogens (tertiary/aromatic N) is 3. The van der Waals surface area contributed by atoms with E-state index in [1.54, 1.807) is 4.90 Å². The zero-order valence-electron chi connectivity index (χ0n) is 19.9. The maximum absolute atomic E-state index is 13.3. The molecule has 184 valence electrons. The smallest absolute Gasteiger partial charge is 0.265 e. The van der Waals surface area contributed by atoms with Crippen LogP contribution in [-0.2, 0) is 17.9 Å². The van der Waals surface area contributed by atoms with E-state index in [4.69, 9.17) is 14.2 Å². The summed E-state index contributed by atoms with van der Waals surface area (Å²) in [6, 6.07) is 21.1. The highest BCUT2D eigenvalue weighted by molar-refractivity contribution is 5.98. The van der Waals surface area contributed by atoms with Crippen LogP contribution in [0.4, 0.5) is 5.69 Å². The Balaban J connectivity index is 1.08. The predicted octanol–water partition coefficient (Wildman–Crippen LogP) is 3.30. The summed E-state index contributed by atoms with van der Waals surface area (Å²) in [6.45, 7) is 4.44. The molecule has 8 heteroatoms. The Morgan fingerprint density at radius 2 is 1.56 bits per heavy atom. The Morgan fingerprint density at radius 1 is 0.750 bits per heavy atom. The van der Waals surface area contributed by atoms with Crippen molar-refractivity contribution in [2.24, 2.45) is 0 Å².